The third kappa shape index (κ3) is 3.26. The van der Waals surface area contributed by atoms with Crippen molar-refractivity contribution in [2.75, 3.05) is 13.7 Å². The Morgan fingerprint density at radius 1 is 1.17 bits per heavy atom. The molecule has 6 heteroatoms. The zero-order valence-corrected chi connectivity index (χ0v) is 13.7. The molecule has 0 unspecified atom stereocenters. The topological polar surface area (TPSA) is 71.2 Å². The van der Waals surface area contributed by atoms with Crippen molar-refractivity contribution in [3.8, 4) is 5.75 Å². The number of ketones is 1. The summed E-state index contributed by atoms with van der Waals surface area (Å²) in [4.78, 5) is 27.3. The Morgan fingerprint density at radius 3 is 2.58 bits per heavy atom. The molecule has 24 heavy (non-hydrogen) atoms. The van der Waals surface area contributed by atoms with Gasteiger partial charge in [0.1, 0.15) is 11.4 Å². The van der Waals surface area contributed by atoms with Crippen LogP contribution in [0.4, 0.5) is 0 Å². The number of aromatic amines is 1. The summed E-state index contributed by atoms with van der Waals surface area (Å²) in [6.45, 7) is -0.0890. The number of halogens is 1. The Balaban J connectivity index is 1.67. The van der Waals surface area contributed by atoms with Gasteiger partial charge in [0.2, 0.25) is 0 Å². The molecular weight excluding hydrogens is 328 g/mol. The van der Waals surface area contributed by atoms with E-state index in [0.29, 0.717) is 27.5 Å². The summed E-state index contributed by atoms with van der Waals surface area (Å²) in [7, 11) is 1.56. The van der Waals surface area contributed by atoms with Crippen molar-refractivity contribution < 1.29 is 14.3 Å². The van der Waals surface area contributed by atoms with Gasteiger partial charge in [-0.3, -0.25) is 9.59 Å². The smallest absolute Gasteiger partial charge is 0.268 e. The van der Waals surface area contributed by atoms with Crippen LogP contribution in [0.5, 0.6) is 5.75 Å². The van der Waals surface area contributed by atoms with Gasteiger partial charge in [-0.2, -0.15) is 0 Å². The molecule has 0 aliphatic heterocycles. The van der Waals surface area contributed by atoms with E-state index in [1.54, 1.807) is 43.5 Å². The van der Waals surface area contributed by atoms with Gasteiger partial charge in [-0.15, -0.1) is 0 Å². The molecule has 0 bridgehead atoms. The maximum Gasteiger partial charge on any atom is 0.268 e. The van der Waals surface area contributed by atoms with Crippen LogP contribution in [0.25, 0.3) is 10.9 Å². The number of fused-ring (bicyclic) bond motifs is 1. The highest BCUT2D eigenvalue weighted by molar-refractivity contribution is 6.35. The van der Waals surface area contributed by atoms with Crippen LogP contribution in [0.15, 0.2) is 48.5 Å². The lowest BCUT2D eigenvalue weighted by atomic mass is 10.1. The van der Waals surface area contributed by atoms with Crippen LogP contribution in [0.3, 0.4) is 0 Å². The van der Waals surface area contributed by atoms with E-state index in [2.05, 4.69) is 10.3 Å². The summed E-state index contributed by atoms with van der Waals surface area (Å²) in [5, 5.41) is 4.00. The van der Waals surface area contributed by atoms with Gasteiger partial charge < -0.3 is 15.0 Å². The lowest BCUT2D eigenvalue weighted by molar-refractivity contribution is 0.0901. The highest BCUT2D eigenvalue weighted by Crippen LogP contribution is 2.23. The van der Waals surface area contributed by atoms with Crippen molar-refractivity contribution in [1.82, 2.24) is 10.3 Å². The molecule has 2 N–H and O–H groups in total. The van der Waals surface area contributed by atoms with Crippen LogP contribution in [-0.4, -0.2) is 30.3 Å². The number of hydrogen-bond donors (Lipinski definition) is 2. The summed E-state index contributed by atoms with van der Waals surface area (Å²) >= 11 is 6.08. The molecule has 0 fully saturated rings. The highest BCUT2D eigenvalue weighted by Gasteiger charge is 2.13. The minimum Gasteiger partial charge on any atom is -0.497 e. The molecule has 2 aromatic carbocycles. The SMILES string of the molecule is COc1ccc(C(=O)CNC(=O)c2cc3cccc(Cl)c3[nH]2)cc1. The van der Waals surface area contributed by atoms with E-state index >= 15 is 0 Å². The number of ether oxygens (including phenoxy) is 1. The Bertz CT molecular complexity index is 900. The summed E-state index contributed by atoms with van der Waals surface area (Å²) < 4.78 is 5.05. The molecule has 0 saturated heterocycles. The fourth-order valence-corrected chi connectivity index (χ4v) is 2.61. The van der Waals surface area contributed by atoms with Crippen LogP contribution < -0.4 is 10.1 Å². The minimum absolute atomic E-state index is 0.0890. The van der Waals surface area contributed by atoms with E-state index in [-0.39, 0.29) is 18.2 Å². The first-order chi connectivity index (χ1) is 11.6. The Hall–Kier alpha value is -2.79. The van der Waals surface area contributed by atoms with Gasteiger partial charge in [0, 0.05) is 10.9 Å². The molecule has 0 aliphatic rings. The molecule has 1 aromatic heterocycles. The van der Waals surface area contributed by atoms with Gasteiger partial charge in [-0.1, -0.05) is 23.7 Å². The van der Waals surface area contributed by atoms with Crippen molar-refractivity contribution in [3.63, 3.8) is 0 Å². The largest absolute Gasteiger partial charge is 0.497 e. The van der Waals surface area contributed by atoms with E-state index in [1.807, 2.05) is 12.1 Å². The van der Waals surface area contributed by atoms with Crippen LogP contribution in [-0.2, 0) is 0 Å². The number of amides is 1. The monoisotopic (exact) mass is 342 g/mol. The van der Waals surface area contributed by atoms with E-state index in [9.17, 15) is 9.59 Å². The Labute approximate surface area is 143 Å². The lowest BCUT2D eigenvalue weighted by Crippen LogP contribution is -2.29. The van der Waals surface area contributed by atoms with Crippen LogP contribution in [0.2, 0.25) is 5.02 Å². The quantitative estimate of drug-likeness (QED) is 0.698. The van der Waals surface area contributed by atoms with Crippen LogP contribution in [0, 0.1) is 0 Å². The average Bonchev–Trinajstić information content (AvgIpc) is 3.05. The average molecular weight is 343 g/mol. The molecule has 1 heterocycles. The molecule has 0 aliphatic carbocycles. The molecule has 0 radical (unpaired) electrons. The van der Waals surface area contributed by atoms with Gasteiger partial charge in [0.15, 0.2) is 5.78 Å². The number of rotatable bonds is 5. The van der Waals surface area contributed by atoms with Gasteiger partial charge in [0.25, 0.3) is 5.91 Å². The summed E-state index contributed by atoms with van der Waals surface area (Å²) in [5.41, 5.74) is 1.57. The molecule has 0 atom stereocenters. The first-order valence-corrected chi connectivity index (χ1v) is 7.69. The van der Waals surface area contributed by atoms with Gasteiger partial charge >= 0.3 is 0 Å². The molecule has 0 spiro atoms. The molecule has 3 aromatic rings. The fraction of sp³-hybridized carbons (Fsp3) is 0.111. The number of nitrogens with one attached hydrogen (secondary N) is 2. The van der Waals surface area contributed by atoms with E-state index in [1.165, 1.54) is 0 Å². The first kappa shape index (κ1) is 16.1. The van der Waals surface area contributed by atoms with Crippen molar-refractivity contribution in [2.45, 2.75) is 0 Å². The third-order valence-electron chi connectivity index (χ3n) is 3.67. The van der Waals surface area contributed by atoms with Gasteiger partial charge in [0.05, 0.1) is 24.2 Å². The van der Waals surface area contributed by atoms with Gasteiger partial charge in [-0.25, -0.2) is 0 Å². The number of para-hydroxylation sites is 1. The summed E-state index contributed by atoms with van der Waals surface area (Å²) in [6, 6.07) is 13.9. The maximum absolute atomic E-state index is 12.2. The zero-order chi connectivity index (χ0) is 17.1. The number of hydrogen-bond acceptors (Lipinski definition) is 3. The predicted octanol–water partition coefficient (Wildman–Crippen LogP) is 3.44. The first-order valence-electron chi connectivity index (χ1n) is 7.31. The number of aromatic nitrogens is 1. The Morgan fingerprint density at radius 2 is 1.92 bits per heavy atom. The lowest BCUT2D eigenvalue weighted by Gasteiger charge is -2.04. The van der Waals surface area contributed by atoms with E-state index in [0.717, 1.165) is 5.39 Å². The number of H-pyrrole nitrogens is 1. The number of methoxy groups -OCH3 is 1. The maximum atomic E-state index is 12.2. The normalized spacial score (nSPS) is 10.6. The molecule has 122 valence electrons. The Kier molecular flexibility index (Phi) is 4.53. The highest BCUT2D eigenvalue weighted by atomic mass is 35.5. The molecule has 1 amide bonds. The second kappa shape index (κ2) is 6.76. The molecular formula is C18H15ClN2O3. The van der Waals surface area contributed by atoms with Crippen LogP contribution in [0.1, 0.15) is 20.8 Å². The van der Waals surface area contributed by atoms with Crippen molar-refractivity contribution >= 4 is 34.2 Å². The van der Waals surface area contributed by atoms with Crippen molar-refractivity contribution in [1.29, 1.82) is 0 Å². The van der Waals surface area contributed by atoms with Crippen LogP contribution >= 0.6 is 11.6 Å². The minimum atomic E-state index is -0.357. The zero-order valence-electron chi connectivity index (χ0n) is 12.9. The van der Waals surface area contributed by atoms with Crippen molar-refractivity contribution in [3.05, 3.63) is 64.8 Å². The van der Waals surface area contributed by atoms with Gasteiger partial charge in [-0.05, 0) is 36.4 Å². The fourth-order valence-electron chi connectivity index (χ4n) is 2.38. The third-order valence-corrected chi connectivity index (χ3v) is 3.99. The molecule has 0 saturated carbocycles. The van der Waals surface area contributed by atoms with E-state index in [4.69, 9.17) is 16.3 Å². The molecule has 3 rings (SSSR count). The molecule has 5 nitrogen and oxygen atoms in total. The second-order valence-corrected chi connectivity index (χ2v) is 5.63. The number of carbonyl (C=O) groups is 2. The van der Waals surface area contributed by atoms with E-state index < -0.39 is 0 Å². The summed E-state index contributed by atoms with van der Waals surface area (Å²) in [5.74, 6) is 0.134. The number of benzene rings is 2. The standard InChI is InChI=1S/C18H15ClN2O3/c1-24-13-7-5-11(6-8-13)16(22)10-20-18(23)15-9-12-3-2-4-14(19)17(12)21-15/h2-9,21H,10H2,1H3,(H,20,23). The summed E-state index contributed by atoms with van der Waals surface area (Å²) in [6.07, 6.45) is 0. The second-order valence-electron chi connectivity index (χ2n) is 5.22. The van der Waals surface area contributed by atoms with Crippen molar-refractivity contribution in [2.24, 2.45) is 0 Å². The predicted molar refractivity (Wildman–Crippen MR) is 93.0 cm³/mol. The number of carbonyl (C=O) groups excluding carboxylic acids is 2. The number of Topliss-reactive ketones (excluding diaryl/α,β-unsaturated/α-hetero) is 1.